The predicted octanol–water partition coefficient (Wildman–Crippen LogP) is 1.79. The number of aromatic carboxylic acids is 1. The molecule has 0 saturated heterocycles. The maximum atomic E-state index is 10.8. The van der Waals surface area contributed by atoms with Gasteiger partial charge in [0, 0.05) is 6.20 Å². The Morgan fingerprint density at radius 3 is 2.71 bits per heavy atom. The lowest BCUT2D eigenvalue weighted by Gasteiger charge is -2.00. The molecule has 0 aromatic carbocycles. The minimum Gasteiger partial charge on any atom is -0.478 e. The molecule has 88 valence electrons. The lowest BCUT2D eigenvalue weighted by molar-refractivity contribution is 0.0695. The van der Waals surface area contributed by atoms with Gasteiger partial charge < -0.3 is 5.11 Å². The first-order valence-electron chi connectivity index (χ1n) is 4.61. The fraction of sp³-hybridized carbons (Fsp3) is 0.222. The number of nitrogens with zero attached hydrogens (tertiary/aromatic N) is 4. The van der Waals surface area contributed by atoms with Gasteiger partial charge in [-0.3, -0.25) is 0 Å². The number of carbonyl (C=O) groups is 1. The molecule has 0 spiro atoms. The highest BCUT2D eigenvalue weighted by atomic mass is 32.2. The minimum absolute atomic E-state index is 0.114. The summed E-state index contributed by atoms with van der Waals surface area (Å²) >= 11 is 2.72. The van der Waals surface area contributed by atoms with E-state index in [0.717, 1.165) is 9.35 Å². The summed E-state index contributed by atoms with van der Waals surface area (Å²) in [6, 6.07) is 0. The molecule has 0 saturated carbocycles. The van der Waals surface area contributed by atoms with Gasteiger partial charge in [0.2, 0.25) is 0 Å². The molecule has 0 unspecified atom stereocenters. The second kappa shape index (κ2) is 4.76. The second-order valence-electron chi connectivity index (χ2n) is 3.15. The van der Waals surface area contributed by atoms with Gasteiger partial charge in [-0.15, -0.1) is 10.2 Å². The topological polar surface area (TPSA) is 88.9 Å². The summed E-state index contributed by atoms with van der Waals surface area (Å²) in [5, 5.41) is 18.0. The fourth-order valence-electron chi connectivity index (χ4n) is 1.10. The molecule has 1 N–H and O–H groups in total. The monoisotopic (exact) mass is 268 g/mol. The third kappa shape index (κ3) is 2.77. The molecule has 2 aromatic rings. The van der Waals surface area contributed by atoms with Crippen LogP contribution in [-0.4, -0.2) is 31.2 Å². The third-order valence-electron chi connectivity index (χ3n) is 1.87. The maximum Gasteiger partial charge on any atom is 0.339 e. The highest BCUT2D eigenvalue weighted by Gasteiger charge is 2.12. The lowest BCUT2D eigenvalue weighted by atomic mass is 10.2. The van der Waals surface area contributed by atoms with E-state index in [1.807, 2.05) is 6.92 Å². The van der Waals surface area contributed by atoms with Crippen LogP contribution in [0.25, 0.3) is 0 Å². The Morgan fingerprint density at radius 2 is 2.18 bits per heavy atom. The van der Waals surface area contributed by atoms with E-state index in [2.05, 4.69) is 20.2 Å². The molecular formula is C9H8N4O2S2. The van der Waals surface area contributed by atoms with E-state index in [1.165, 1.54) is 29.3 Å². The van der Waals surface area contributed by atoms with Gasteiger partial charge in [-0.25, -0.2) is 14.8 Å². The molecule has 0 aliphatic heterocycles. The van der Waals surface area contributed by atoms with Crippen molar-refractivity contribution < 1.29 is 9.90 Å². The molecule has 0 bridgehead atoms. The van der Waals surface area contributed by atoms with Crippen molar-refractivity contribution in [2.24, 2.45) is 0 Å². The maximum absolute atomic E-state index is 10.8. The molecule has 0 atom stereocenters. The molecule has 0 amide bonds. The van der Waals surface area contributed by atoms with Gasteiger partial charge in [-0.05, 0) is 25.6 Å². The highest BCUT2D eigenvalue weighted by molar-refractivity contribution is 8.00. The summed E-state index contributed by atoms with van der Waals surface area (Å²) in [5.74, 6) is -1.02. The zero-order valence-corrected chi connectivity index (χ0v) is 10.7. The Hall–Kier alpha value is -1.54. The second-order valence-corrected chi connectivity index (χ2v) is 5.54. The number of carboxylic acids is 1. The molecule has 0 radical (unpaired) electrons. The van der Waals surface area contributed by atoms with Gasteiger partial charge in [0.1, 0.15) is 5.01 Å². The van der Waals surface area contributed by atoms with Crippen LogP contribution >= 0.6 is 23.1 Å². The number of hydrogen-bond donors (Lipinski definition) is 1. The summed E-state index contributed by atoms with van der Waals surface area (Å²) in [6.07, 6.45) is 1.31. The van der Waals surface area contributed by atoms with Crippen molar-refractivity contribution >= 4 is 29.1 Å². The van der Waals surface area contributed by atoms with Crippen molar-refractivity contribution in [2.45, 2.75) is 23.3 Å². The largest absolute Gasteiger partial charge is 0.478 e. The standard InChI is InChI=1S/C9H8N4O2S2/c1-4-6(7(14)15)3-10-8(11-4)17-9-13-12-5(2)16-9/h3H,1-2H3,(H,14,15). The summed E-state index contributed by atoms with van der Waals surface area (Å²) in [7, 11) is 0. The van der Waals surface area contributed by atoms with Crippen LogP contribution < -0.4 is 0 Å². The van der Waals surface area contributed by atoms with Crippen LogP contribution in [-0.2, 0) is 0 Å². The molecule has 2 rings (SSSR count). The normalized spacial score (nSPS) is 10.5. The van der Waals surface area contributed by atoms with Gasteiger partial charge in [0.25, 0.3) is 0 Å². The van der Waals surface area contributed by atoms with Gasteiger partial charge in [-0.2, -0.15) is 0 Å². The minimum atomic E-state index is -1.02. The Balaban J connectivity index is 2.23. The van der Waals surface area contributed by atoms with Crippen LogP contribution in [0.2, 0.25) is 0 Å². The van der Waals surface area contributed by atoms with Crippen LogP contribution in [0, 0.1) is 13.8 Å². The Morgan fingerprint density at radius 1 is 1.41 bits per heavy atom. The molecule has 0 fully saturated rings. The van der Waals surface area contributed by atoms with Crippen LogP contribution in [0.4, 0.5) is 0 Å². The van der Waals surface area contributed by atoms with Gasteiger partial charge in [0.05, 0.1) is 11.3 Å². The number of hydrogen-bond acceptors (Lipinski definition) is 7. The summed E-state index contributed by atoms with van der Waals surface area (Å²) in [6.45, 7) is 3.50. The highest BCUT2D eigenvalue weighted by Crippen LogP contribution is 2.27. The molecule has 2 heterocycles. The molecule has 17 heavy (non-hydrogen) atoms. The Bertz CT molecular complexity index is 570. The van der Waals surface area contributed by atoms with Crippen molar-refractivity contribution in [1.82, 2.24) is 20.2 Å². The molecule has 2 aromatic heterocycles. The average Bonchev–Trinajstić information content (AvgIpc) is 2.63. The van der Waals surface area contributed by atoms with E-state index >= 15 is 0 Å². The summed E-state index contributed by atoms with van der Waals surface area (Å²) < 4.78 is 0.741. The molecular weight excluding hydrogens is 260 g/mol. The zero-order valence-electron chi connectivity index (χ0n) is 9.04. The summed E-state index contributed by atoms with van der Waals surface area (Å²) in [5.41, 5.74) is 0.555. The van der Waals surface area contributed by atoms with Gasteiger partial charge in [0.15, 0.2) is 9.50 Å². The van der Waals surface area contributed by atoms with Crippen molar-refractivity contribution in [1.29, 1.82) is 0 Å². The number of aryl methyl sites for hydroxylation is 2. The van der Waals surface area contributed by atoms with E-state index < -0.39 is 5.97 Å². The van der Waals surface area contributed by atoms with Crippen molar-refractivity contribution in [3.8, 4) is 0 Å². The Labute approximate surface area is 105 Å². The molecule has 8 heteroatoms. The van der Waals surface area contributed by atoms with Crippen LogP contribution in [0.3, 0.4) is 0 Å². The number of rotatable bonds is 3. The smallest absolute Gasteiger partial charge is 0.339 e. The van der Waals surface area contributed by atoms with Crippen LogP contribution in [0.5, 0.6) is 0 Å². The zero-order chi connectivity index (χ0) is 12.4. The first kappa shape index (κ1) is 11.9. The van der Waals surface area contributed by atoms with E-state index in [4.69, 9.17) is 5.11 Å². The lowest BCUT2D eigenvalue weighted by Crippen LogP contribution is -2.03. The van der Waals surface area contributed by atoms with Crippen LogP contribution in [0.15, 0.2) is 15.7 Å². The van der Waals surface area contributed by atoms with E-state index in [-0.39, 0.29) is 5.56 Å². The number of carboxylic acid groups (broad SMARTS) is 1. The van der Waals surface area contributed by atoms with Crippen LogP contribution in [0.1, 0.15) is 21.1 Å². The first-order valence-corrected chi connectivity index (χ1v) is 6.24. The van der Waals surface area contributed by atoms with Gasteiger partial charge in [-0.1, -0.05) is 11.3 Å². The van der Waals surface area contributed by atoms with E-state index in [9.17, 15) is 4.79 Å². The van der Waals surface area contributed by atoms with E-state index in [0.29, 0.717) is 10.9 Å². The molecule has 6 nitrogen and oxygen atoms in total. The molecule has 0 aliphatic rings. The van der Waals surface area contributed by atoms with Crippen molar-refractivity contribution in [2.75, 3.05) is 0 Å². The third-order valence-corrected chi connectivity index (χ3v) is 3.64. The molecule has 0 aliphatic carbocycles. The van der Waals surface area contributed by atoms with Crippen molar-refractivity contribution in [3.05, 3.63) is 22.5 Å². The van der Waals surface area contributed by atoms with Crippen molar-refractivity contribution in [3.63, 3.8) is 0 Å². The average molecular weight is 268 g/mol. The van der Waals surface area contributed by atoms with E-state index in [1.54, 1.807) is 6.92 Å². The fourth-order valence-corrected chi connectivity index (χ4v) is 2.80. The Kier molecular flexibility index (Phi) is 3.34. The first-order chi connectivity index (χ1) is 8.06. The number of aromatic nitrogens is 4. The summed E-state index contributed by atoms with van der Waals surface area (Å²) in [4.78, 5) is 18.9. The quantitative estimate of drug-likeness (QED) is 0.849. The SMILES string of the molecule is Cc1nnc(Sc2ncc(C(=O)O)c(C)n2)s1. The predicted molar refractivity (Wildman–Crippen MR) is 62.5 cm³/mol. The van der Waals surface area contributed by atoms with Gasteiger partial charge >= 0.3 is 5.97 Å².